The van der Waals surface area contributed by atoms with E-state index in [4.69, 9.17) is 0 Å². The summed E-state index contributed by atoms with van der Waals surface area (Å²) in [5.74, 6) is 1.24. The summed E-state index contributed by atoms with van der Waals surface area (Å²) in [4.78, 5) is 0. The number of hydrogen-bond acceptors (Lipinski definition) is 2. The Bertz CT molecular complexity index is 405. The smallest absolute Gasteiger partial charge is 0.219 e. The molecule has 17 heavy (non-hydrogen) atoms. The molecule has 1 unspecified atom stereocenters. The Morgan fingerprint density at radius 2 is 1.76 bits per heavy atom. The Hall–Kier alpha value is -0.410. The molecule has 0 N–H and O–H groups in total. The molecule has 3 heteroatoms. The van der Waals surface area contributed by atoms with Gasteiger partial charge in [-0.15, -0.1) is 0 Å². The van der Waals surface area contributed by atoms with Crippen LogP contribution in [0.15, 0.2) is 30.3 Å². The predicted molar refractivity (Wildman–Crippen MR) is 78.1 cm³/mol. The van der Waals surface area contributed by atoms with Crippen LogP contribution in [0.2, 0.25) is 0 Å². The standard InChI is InChI=1S/C14H18NS2/c1-3-7-12(8-4-1)13-11-16-14(17-13)15-9-5-2-6-10-15/h1,3-4,7-8,13H,2,5-6,9-11H2/q+1. The van der Waals surface area contributed by atoms with Gasteiger partial charge in [0.05, 0.1) is 5.25 Å². The molecule has 0 spiro atoms. The summed E-state index contributed by atoms with van der Waals surface area (Å²) in [5, 5.41) is 0.665. The lowest BCUT2D eigenvalue weighted by molar-refractivity contribution is -0.532. The van der Waals surface area contributed by atoms with Gasteiger partial charge in [0.25, 0.3) is 4.38 Å². The fraction of sp³-hybridized carbons (Fsp3) is 0.500. The van der Waals surface area contributed by atoms with Crippen molar-refractivity contribution in [3.8, 4) is 0 Å². The van der Waals surface area contributed by atoms with Crippen molar-refractivity contribution >= 4 is 27.9 Å². The molecule has 0 aliphatic carbocycles. The largest absolute Gasteiger partial charge is 0.270 e. The topological polar surface area (TPSA) is 3.01 Å². The van der Waals surface area contributed by atoms with Crippen LogP contribution < -0.4 is 0 Å². The summed E-state index contributed by atoms with van der Waals surface area (Å²) in [7, 11) is 0. The van der Waals surface area contributed by atoms with E-state index in [9.17, 15) is 0 Å². The first-order chi connectivity index (χ1) is 8.43. The quantitative estimate of drug-likeness (QED) is 0.710. The highest BCUT2D eigenvalue weighted by molar-refractivity contribution is 8.41. The van der Waals surface area contributed by atoms with E-state index in [0.717, 1.165) is 0 Å². The first-order valence-electron chi connectivity index (χ1n) is 6.40. The second kappa shape index (κ2) is 5.49. The van der Waals surface area contributed by atoms with Gasteiger partial charge in [-0.05, 0) is 35.5 Å². The zero-order valence-electron chi connectivity index (χ0n) is 9.97. The van der Waals surface area contributed by atoms with Crippen LogP contribution in [0.4, 0.5) is 0 Å². The van der Waals surface area contributed by atoms with Gasteiger partial charge in [-0.2, -0.15) is 0 Å². The zero-order valence-corrected chi connectivity index (χ0v) is 11.6. The summed E-state index contributed by atoms with van der Waals surface area (Å²) < 4.78 is 4.17. The normalized spacial score (nSPS) is 25.3. The molecule has 0 amide bonds. The molecule has 0 radical (unpaired) electrons. The number of thioether (sulfide) groups is 2. The molecule has 2 aliphatic rings. The van der Waals surface area contributed by atoms with Gasteiger partial charge < -0.3 is 0 Å². The molecule has 0 aromatic heterocycles. The summed E-state index contributed by atoms with van der Waals surface area (Å²) in [6.07, 6.45) is 4.17. The summed E-state index contributed by atoms with van der Waals surface area (Å²) in [5.41, 5.74) is 1.48. The minimum atomic E-state index is 0.665. The molecule has 1 aromatic carbocycles. The van der Waals surface area contributed by atoms with E-state index in [1.54, 1.807) is 4.38 Å². The van der Waals surface area contributed by atoms with E-state index in [-0.39, 0.29) is 0 Å². The van der Waals surface area contributed by atoms with E-state index >= 15 is 0 Å². The molecule has 1 atom stereocenters. The van der Waals surface area contributed by atoms with Crippen LogP contribution in [0, 0.1) is 0 Å². The van der Waals surface area contributed by atoms with E-state index < -0.39 is 0 Å². The van der Waals surface area contributed by atoms with E-state index in [1.807, 2.05) is 0 Å². The third kappa shape index (κ3) is 2.71. The summed E-state index contributed by atoms with van der Waals surface area (Å²) >= 11 is 4.13. The lowest BCUT2D eigenvalue weighted by Crippen LogP contribution is -2.23. The Morgan fingerprint density at radius 3 is 2.53 bits per heavy atom. The van der Waals surface area contributed by atoms with Gasteiger partial charge in [0.2, 0.25) is 0 Å². The Labute approximate surface area is 112 Å². The molecule has 2 fully saturated rings. The number of benzene rings is 1. The molecule has 0 bridgehead atoms. The highest BCUT2D eigenvalue weighted by Crippen LogP contribution is 2.43. The Kier molecular flexibility index (Phi) is 3.77. The first-order valence-corrected chi connectivity index (χ1v) is 8.26. The van der Waals surface area contributed by atoms with Crippen molar-refractivity contribution < 1.29 is 4.58 Å². The molecule has 1 nitrogen and oxygen atoms in total. The van der Waals surface area contributed by atoms with Crippen molar-refractivity contribution in [2.24, 2.45) is 0 Å². The molecule has 90 valence electrons. The molecular formula is C14H18NS2+. The van der Waals surface area contributed by atoms with Gasteiger partial charge in [-0.1, -0.05) is 30.3 Å². The van der Waals surface area contributed by atoms with Crippen molar-refractivity contribution in [1.29, 1.82) is 0 Å². The lowest BCUT2D eigenvalue weighted by atomic mass is 10.2. The lowest BCUT2D eigenvalue weighted by Gasteiger charge is -2.11. The zero-order chi connectivity index (χ0) is 11.5. The van der Waals surface area contributed by atoms with Crippen LogP contribution in [0.25, 0.3) is 0 Å². The van der Waals surface area contributed by atoms with Crippen LogP contribution in [0.3, 0.4) is 0 Å². The van der Waals surface area contributed by atoms with E-state index in [1.165, 1.54) is 43.7 Å². The molecule has 2 heterocycles. The van der Waals surface area contributed by atoms with Crippen molar-refractivity contribution in [2.75, 3.05) is 18.8 Å². The van der Waals surface area contributed by atoms with Gasteiger partial charge in [-0.25, -0.2) is 4.58 Å². The van der Waals surface area contributed by atoms with Gasteiger partial charge in [0.15, 0.2) is 0 Å². The minimum Gasteiger partial charge on any atom is -0.219 e. The fourth-order valence-corrected chi connectivity index (χ4v) is 5.43. The average molecular weight is 264 g/mol. The average Bonchev–Trinajstić information content (AvgIpc) is 2.90. The van der Waals surface area contributed by atoms with Crippen LogP contribution in [0.5, 0.6) is 0 Å². The predicted octanol–water partition coefficient (Wildman–Crippen LogP) is 3.76. The number of rotatable bonds is 1. The SMILES string of the molecule is c1ccc(C2CSC(=[N+]3CCCCC3)S2)cc1. The third-order valence-corrected chi connectivity index (χ3v) is 6.43. The number of hydrogen-bond donors (Lipinski definition) is 0. The van der Waals surface area contributed by atoms with Gasteiger partial charge in [0, 0.05) is 18.6 Å². The summed E-state index contributed by atoms with van der Waals surface area (Å²) in [6, 6.07) is 10.9. The molecule has 0 saturated carbocycles. The van der Waals surface area contributed by atoms with Crippen LogP contribution in [-0.2, 0) is 0 Å². The van der Waals surface area contributed by atoms with Crippen molar-refractivity contribution in [3.63, 3.8) is 0 Å². The number of piperidine rings is 1. The van der Waals surface area contributed by atoms with Crippen LogP contribution in [0.1, 0.15) is 30.1 Å². The first kappa shape index (κ1) is 11.7. The highest BCUT2D eigenvalue weighted by atomic mass is 32.2. The monoisotopic (exact) mass is 264 g/mol. The van der Waals surface area contributed by atoms with Gasteiger partial charge in [0.1, 0.15) is 13.1 Å². The molecule has 2 saturated heterocycles. The van der Waals surface area contributed by atoms with Crippen molar-refractivity contribution in [1.82, 2.24) is 0 Å². The molecule has 3 rings (SSSR count). The van der Waals surface area contributed by atoms with E-state index in [0.29, 0.717) is 5.25 Å². The fourth-order valence-electron chi connectivity index (χ4n) is 2.41. The number of nitrogens with zero attached hydrogens (tertiary/aromatic N) is 1. The second-order valence-corrected chi connectivity index (χ2v) is 7.10. The maximum Gasteiger partial charge on any atom is 0.270 e. The van der Waals surface area contributed by atoms with Crippen molar-refractivity contribution in [3.05, 3.63) is 35.9 Å². The minimum absolute atomic E-state index is 0.665. The van der Waals surface area contributed by atoms with Crippen molar-refractivity contribution in [2.45, 2.75) is 24.5 Å². The molecular weight excluding hydrogens is 246 g/mol. The second-order valence-electron chi connectivity index (χ2n) is 4.64. The van der Waals surface area contributed by atoms with Crippen LogP contribution in [-0.4, -0.2) is 27.8 Å². The van der Waals surface area contributed by atoms with Crippen LogP contribution >= 0.6 is 23.5 Å². The summed E-state index contributed by atoms with van der Waals surface area (Å²) in [6.45, 7) is 2.55. The Balaban J connectivity index is 1.73. The maximum absolute atomic E-state index is 2.60. The Morgan fingerprint density at radius 1 is 1.00 bits per heavy atom. The maximum atomic E-state index is 2.60. The van der Waals surface area contributed by atoms with Gasteiger partial charge >= 0.3 is 0 Å². The molecule has 1 aromatic rings. The van der Waals surface area contributed by atoms with E-state index in [2.05, 4.69) is 58.4 Å². The highest BCUT2D eigenvalue weighted by Gasteiger charge is 2.31. The third-order valence-electron chi connectivity index (χ3n) is 3.39. The van der Waals surface area contributed by atoms with Gasteiger partial charge in [-0.3, -0.25) is 0 Å². The molecule has 2 aliphatic heterocycles.